The van der Waals surface area contributed by atoms with Crippen LogP contribution in [0.15, 0.2) is 60.7 Å². The molecule has 2 aromatic rings. The van der Waals surface area contributed by atoms with Crippen LogP contribution in [0.3, 0.4) is 0 Å². The molecule has 3 aliphatic heterocycles. The first kappa shape index (κ1) is 27.7. The fraction of sp³-hybridized carbons (Fsp3) is 0.500. The van der Waals surface area contributed by atoms with Gasteiger partial charge in [-0.15, -0.1) is 0 Å². The van der Waals surface area contributed by atoms with Crippen molar-refractivity contribution < 1.29 is 19.1 Å². The number of hydrogen-bond acceptors (Lipinski definition) is 4. The van der Waals surface area contributed by atoms with E-state index in [1.54, 1.807) is 0 Å². The third-order valence-corrected chi connectivity index (χ3v) is 9.64. The zero-order valence-corrected chi connectivity index (χ0v) is 23.8. The van der Waals surface area contributed by atoms with E-state index >= 15 is 0 Å². The van der Waals surface area contributed by atoms with Gasteiger partial charge in [-0.25, -0.2) is 0 Å². The summed E-state index contributed by atoms with van der Waals surface area (Å²) in [4.78, 5) is 43.1. The lowest BCUT2D eigenvalue weighted by atomic mass is 9.75. The van der Waals surface area contributed by atoms with Gasteiger partial charge in [0.25, 0.3) is 5.91 Å². The molecule has 0 saturated carbocycles. The normalized spacial score (nSPS) is 27.0. The second-order valence-corrected chi connectivity index (χ2v) is 12.3. The predicted octanol–water partition coefficient (Wildman–Crippen LogP) is 4.00. The molecule has 41 heavy (non-hydrogen) atoms. The van der Waals surface area contributed by atoms with Crippen molar-refractivity contribution in [3.63, 3.8) is 0 Å². The molecule has 4 aliphatic rings. The average Bonchev–Trinajstić information content (AvgIpc) is 3.48. The van der Waals surface area contributed by atoms with E-state index in [1.807, 2.05) is 41.3 Å². The highest BCUT2D eigenvalue weighted by Gasteiger charge is 2.42. The van der Waals surface area contributed by atoms with Crippen molar-refractivity contribution in [2.24, 2.45) is 11.3 Å². The predicted molar refractivity (Wildman–Crippen MR) is 157 cm³/mol. The van der Waals surface area contributed by atoms with Crippen LogP contribution in [-0.4, -0.2) is 61.0 Å². The Labute approximate surface area is 242 Å². The number of nitrogens with zero attached hydrogens (tertiary/aromatic N) is 1. The lowest BCUT2D eigenvalue weighted by molar-refractivity contribution is -0.140. The summed E-state index contributed by atoms with van der Waals surface area (Å²) in [6.07, 6.45) is 11.4. The van der Waals surface area contributed by atoms with E-state index in [0.29, 0.717) is 58.4 Å². The first-order valence-corrected chi connectivity index (χ1v) is 15.3. The maximum Gasteiger partial charge on any atom is 0.253 e. The Bertz CT molecular complexity index is 1300. The molecule has 1 spiro atoms. The average molecular weight is 556 g/mol. The van der Waals surface area contributed by atoms with E-state index in [4.69, 9.17) is 4.74 Å². The number of ether oxygens (including phenoxy) is 1. The molecule has 3 atom stereocenters. The van der Waals surface area contributed by atoms with E-state index in [9.17, 15) is 14.4 Å². The Morgan fingerprint density at radius 3 is 2.61 bits per heavy atom. The van der Waals surface area contributed by atoms with Gasteiger partial charge in [0.05, 0.1) is 5.41 Å². The number of hydrogen-bond donors (Lipinski definition) is 2. The molecule has 0 bridgehead atoms. The summed E-state index contributed by atoms with van der Waals surface area (Å²) in [6, 6.07) is 15.3. The van der Waals surface area contributed by atoms with Crippen LogP contribution in [0.2, 0.25) is 0 Å². The molecular weight excluding hydrogens is 514 g/mol. The minimum atomic E-state index is -0.667. The van der Waals surface area contributed by atoms with Gasteiger partial charge in [0, 0.05) is 50.2 Å². The quantitative estimate of drug-likeness (QED) is 0.561. The van der Waals surface area contributed by atoms with E-state index in [2.05, 4.69) is 34.9 Å². The summed E-state index contributed by atoms with van der Waals surface area (Å²) in [6.45, 7) is 2.28. The van der Waals surface area contributed by atoms with E-state index in [0.717, 1.165) is 36.8 Å². The van der Waals surface area contributed by atoms with Crippen LogP contribution in [0.1, 0.15) is 65.6 Å². The molecule has 2 saturated heterocycles. The largest absolute Gasteiger partial charge is 0.381 e. The van der Waals surface area contributed by atoms with Gasteiger partial charge in [-0.1, -0.05) is 48.6 Å². The molecule has 3 heterocycles. The summed E-state index contributed by atoms with van der Waals surface area (Å²) >= 11 is 0. The van der Waals surface area contributed by atoms with Crippen LogP contribution >= 0.6 is 0 Å². The fourth-order valence-corrected chi connectivity index (χ4v) is 7.05. The third kappa shape index (κ3) is 6.10. The van der Waals surface area contributed by atoms with E-state index in [1.165, 1.54) is 11.1 Å². The molecular formula is C34H41N3O4. The smallest absolute Gasteiger partial charge is 0.253 e. The first-order chi connectivity index (χ1) is 20.0. The molecule has 2 N–H and O–H groups in total. The Kier molecular flexibility index (Phi) is 8.24. The number of piperidine rings is 1. The summed E-state index contributed by atoms with van der Waals surface area (Å²) in [5.74, 6) is -0.0359. The molecule has 6 rings (SSSR count). The monoisotopic (exact) mass is 555 g/mol. The van der Waals surface area contributed by atoms with Gasteiger partial charge < -0.3 is 20.3 Å². The van der Waals surface area contributed by atoms with Crippen LogP contribution in [-0.2, 0) is 33.6 Å². The zero-order valence-electron chi connectivity index (χ0n) is 23.8. The number of carbonyl (C=O) groups is 3. The van der Waals surface area contributed by atoms with Gasteiger partial charge in [0.1, 0.15) is 6.04 Å². The zero-order chi connectivity index (χ0) is 28.2. The van der Waals surface area contributed by atoms with E-state index in [-0.39, 0.29) is 29.7 Å². The standard InChI is InChI=1S/C34H41N3O4/c38-31-30(21-24-7-2-1-3-8-24)36-33(40)34(16-19-41-20-17-34)15-5-4-9-28-23-37(18-14-29(28)35-31)32(39)27-13-12-25-10-6-11-26(25)22-27/h1-5,7-8,12-13,22,28-30H,6,9-11,14-21,23H2,(H,35,38)(H,36,40)/b5-4+/t28-,29+,30+/m1/s1. The Balaban J connectivity index is 1.23. The number of allylic oxidation sites excluding steroid dienone is 2. The van der Waals surface area contributed by atoms with Crippen LogP contribution in [0.4, 0.5) is 0 Å². The molecule has 0 radical (unpaired) electrons. The van der Waals surface area contributed by atoms with Crippen molar-refractivity contribution in [1.29, 1.82) is 0 Å². The van der Waals surface area contributed by atoms with Crippen LogP contribution in [0.25, 0.3) is 0 Å². The lowest BCUT2D eigenvalue weighted by Crippen LogP contribution is -2.58. The van der Waals surface area contributed by atoms with Gasteiger partial charge in [-0.05, 0) is 80.2 Å². The topological polar surface area (TPSA) is 87.7 Å². The highest BCUT2D eigenvalue weighted by Crippen LogP contribution is 2.36. The molecule has 2 aromatic carbocycles. The second kappa shape index (κ2) is 12.2. The summed E-state index contributed by atoms with van der Waals surface area (Å²) < 4.78 is 5.61. The number of fused-ring (bicyclic) bond motifs is 2. The SMILES string of the molecule is O=C1N[C@H]2CCN(C(=O)c3ccc4c(c3)CCC4)C[C@H]2C/C=C/CC2(CCOCC2)C(=O)N[C@H]1Cc1ccccc1. The number of carbonyl (C=O) groups excluding carboxylic acids is 3. The molecule has 216 valence electrons. The van der Waals surface area contributed by atoms with Crippen molar-refractivity contribution in [2.45, 2.75) is 69.9 Å². The molecule has 0 unspecified atom stereocenters. The lowest BCUT2D eigenvalue weighted by Gasteiger charge is -2.40. The third-order valence-electron chi connectivity index (χ3n) is 9.64. The van der Waals surface area contributed by atoms with Crippen molar-refractivity contribution >= 4 is 17.7 Å². The summed E-state index contributed by atoms with van der Waals surface area (Å²) in [5, 5.41) is 6.46. The van der Waals surface area contributed by atoms with Gasteiger partial charge in [0.2, 0.25) is 11.8 Å². The molecule has 2 fully saturated rings. The van der Waals surface area contributed by atoms with Crippen LogP contribution < -0.4 is 10.6 Å². The van der Waals surface area contributed by atoms with Crippen LogP contribution in [0, 0.1) is 11.3 Å². The second-order valence-electron chi connectivity index (χ2n) is 12.3. The number of aryl methyl sites for hydroxylation is 2. The van der Waals surface area contributed by atoms with Crippen molar-refractivity contribution in [2.75, 3.05) is 26.3 Å². The van der Waals surface area contributed by atoms with Gasteiger partial charge in [0.15, 0.2) is 0 Å². The summed E-state index contributed by atoms with van der Waals surface area (Å²) in [7, 11) is 0. The fourth-order valence-electron chi connectivity index (χ4n) is 7.05. The van der Waals surface area contributed by atoms with Crippen LogP contribution in [0.5, 0.6) is 0 Å². The number of rotatable bonds is 3. The Morgan fingerprint density at radius 1 is 0.976 bits per heavy atom. The number of nitrogens with one attached hydrogen (secondary N) is 2. The van der Waals surface area contributed by atoms with Gasteiger partial charge in [-0.2, -0.15) is 0 Å². The minimum Gasteiger partial charge on any atom is -0.381 e. The van der Waals surface area contributed by atoms with Crippen molar-refractivity contribution in [3.8, 4) is 0 Å². The molecule has 7 nitrogen and oxygen atoms in total. The van der Waals surface area contributed by atoms with Crippen molar-refractivity contribution in [1.82, 2.24) is 15.5 Å². The van der Waals surface area contributed by atoms with Gasteiger partial charge in [-0.3, -0.25) is 14.4 Å². The molecule has 3 amide bonds. The number of benzene rings is 2. The number of amides is 3. The Hall–Kier alpha value is -3.45. The Morgan fingerprint density at radius 2 is 1.78 bits per heavy atom. The molecule has 0 aromatic heterocycles. The minimum absolute atomic E-state index is 0.0617. The highest BCUT2D eigenvalue weighted by atomic mass is 16.5. The highest BCUT2D eigenvalue weighted by molar-refractivity contribution is 5.95. The maximum atomic E-state index is 13.8. The maximum absolute atomic E-state index is 13.8. The van der Waals surface area contributed by atoms with Gasteiger partial charge >= 0.3 is 0 Å². The van der Waals surface area contributed by atoms with Crippen molar-refractivity contribution in [3.05, 3.63) is 82.9 Å². The first-order valence-electron chi connectivity index (χ1n) is 15.3. The summed E-state index contributed by atoms with van der Waals surface area (Å²) in [5.41, 5.74) is 3.87. The van der Waals surface area contributed by atoms with E-state index < -0.39 is 11.5 Å². The molecule has 1 aliphatic carbocycles. The number of likely N-dealkylation sites (tertiary alicyclic amines) is 1. The molecule has 7 heteroatoms.